The molecule has 0 saturated heterocycles. The number of hydrogen-bond donors (Lipinski definition) is 0. The summed E-state index contributed by atoms with van der Waals surface area (Å²) in [6, 6.07) is 10.0. The molecule has 1 aromatic rings. The Morgan fingerprint density at radius 1 is 1.13 bits per heavy atom. The molecule has 0 aromatic heterocycles. The highest BCUT2D eigenvalue weighted by Gasteiger charge is 1.90. The van der Waals surface area contributed by atoms with Crippen molar-refractivity contribution in [1.82, 2.24) is 0 Å². The molecule has 0 fully saturated rings. The van der Waals surface area contributed by atoms with Crippen molar-refractivity contribution in [3.05, 3.63) is 66.9 Å². The average Bonchev–Trinajstić information content (AvgIpc) is 2.32. The van der Waals surface area contributed by atoms with Crippen LogP contribution in [-0.4, -0.2) is 17.8 Å². The minimum Gasteiger partial charge on any atom is -0.208 e. The molecule has 1 aliphatic rings. The Balaban J connectivity index is 0.000000151. The van der Waals surface area contributed by atoms with Crippen LogP contribution in [0.15, 0.2) is 61.3 Å². The van der Waals surface area contributed by atoms with Gasteiger partial charge in [-0.3, -0.25) is 0 Å². The average molecular weight is 198 g/mol. The summed E-state index contributed by atoms with van der Waals surface area (Å²) in [6.07, 6.45) is 9.82. The minimum absolute atomic E-state index is 0.941. The van der Waals surface area contributed by atoms with Gasteiger partial charge in [0, 0.05) is 6.08 Å². The highest BCUT2D eigenvalue weighted by Crippen LogP contribution is 1.97. The van der Waals surface area contributed by atoms with Gasteiger partial charge in [-0.25, -0.2) is 4.58 Å². The van der Waals surface area contributed by atoms with Crippen molar-refractivity contribution in [2.24, 2.45) is 0 Å². The van der Waals surface area contributed by atoms with Crippen molar-refractivity contribution in [2.45, 2.75) is 0 Å². The molecular formula is C14H16N+. The van der Waals surface area contributed by atoms with Crippen LogP contribution in [0.5, 0.6) is 0 Å². The highest BCUT2D eigenvalue weighted by atomic mass is 14.9. The molecule has 0 saturated carbocycles. The molecule has 1 heteroatoms. The van der Waals surface area contributed by atoms with Crippen LogP contribution in [0, 0.1) is 0 Å². The van der Waals surface area contributed by atoms with Gasteiger partial charge >= 0.3 is 0 Å². The molecule has 0 N–H and O–H groups in total. The topological polar surface area (TPSA) is 3.01 Å². The van der Waals surface area contributed by atoms with Crippen LogP contribution in [0.3, 0.4) is 0 Å². The van der Waals surface area contributed by atoms with Gasteiger partial charge in [0.25, 0.3) is 0 Å². The predicted molar refractivity (Wildman–Crippen MR) is 67.1 cm³/mol. The molecule has 0 atom stereocenters. The molecule has 1 aliphatic heterocycles. The molecular weight excluding hydrogens is 182 g/mol. The molecule has 1 aromatic carbocycles. The molecule has 1 heterocycles. The molecule has 2 rings (SSSR count). The van der Waals surface area contributed by atoms with Gasteiger partial charge in [0.1, 0.15) is 6.72 Å². The van der Waals surface area contributed by atoms with Crippen molar-refractivity contribution in [3.8, 4) is 0 Å². The van der Waals surface area contributed by atoms with Gasteiger partial charge in [-0.05, 0) is 11.6 Å². The van der Waals surface area contributed by atoms with Crippen LogP contribution in [0.1, 0.15) is 5.56 Å². The summed E-state index contributed by atoms with van der Waals surface area (Å²) in [7, 11) is 0. The lowest BCUT2D eigenvalue weighted by Crippen LogP contribution is -2.01. The summed E-state index contributed by atoms with van der Waals surface area (Å²) in [5, 5.41) is 0. The van der Waals surface area contributed by atoms with Crippen LogP contribution >= 0.6 is 0 Å². The Morgan fingerprint density at radius 2 is 1.87 bits per heavy atom. The van der Waals surface area contributed by atoms with E-state index in [1.54, 1.807) is 0 Å². The summed E-state index contributed by atoms with van der Waals surface area (Å²) in [6.45, 7) is 8.26. The normalized spacial score (nSPS) is 12.9. The van der Waals surface area contributed by atoms with E-state index in [0.29, 0.717) is 0 Å². The van der Waals surface area contributed by atoms with Gasteiger partial charge in [0.15, 0.2) is 12.7 Å². The van der Waals surface area contributed by atoms with Gasteiger partial charge in [-0.15, -0.1) is 0 Å². The van der Waals surface area contributed by atoms with Gasteiger partial charge in [-0.2, -0.15) is 0 Å². The third kappa shape index (κ3) is 4.77. The maximum Gasteiger partial charge on any atom is 0.168 e. The van der Waals surface area contributed by atoms with E-state index in [1.807, 2.05) is 59.3 Å². The second-order valence-electron chi connectivity index (χ2n) is 3.16. The lowest BCUT2D eigenvalue weighted by atomic mass is 10.2. The second-order valence-corrected chi connectivity index (χ2v) is 3.16. The number of allylic oxidation sites excluding steroid dienone is 2. The SMILES string of the molecule is C=Cc1ccccc1.C=[N+]1C=CC=CC1. The third-order valence-electron chi connectivity index (χ3n) is 1.92. The van der Waals surface area contributed by atoms with E-state index in [-0.39, 0.29) is 0 Å². The van der Waals surface area contributed by atoms with Gasteiger partial charge in [-0.1, -0.05) is 49.1 Å². The minimum atomic E-state index is 0.941. The monoisotopic (exact) mass is 198 g/mol. The van der Waals surface area contributed by atoms with Crippen LogP contribution < -0.4 is 0 Å². The number of benzene rings is 1. The Kier molecular flexibility index (Phi) is 4.88. The Bertz CT molecular complexity index is 372. The van der Waals surface area contributed by atoms with Crippen LogP contribution in [-0.2, 0) is 0 Å². The van der Waals surface area contributed by atoms with Crippen LogP contribution in [0.4, 0.5) is 0 Å². The third-order valence-corrected chi connectivity index (χ3v) is 1.92. The van der Waals surface area contributed by atoms with E-state index < -0.39 is 0 Å². The zero-order chi connectivity index (χ0) is 10.9. The standard InChI is InChI=1S/C8H8.C6H8N/c1-2-8-6-4-3-5-7-8;1-7-5-3-2-4-6-7/h2-7H,1H2;2-5H,1,6H2/q;+1. The molecule has 0 aliphatic carbocycles. The second kappa shape index (κ2) is 6.55. The van der Waals surface area contributed by atoms with Gasteiger partial charge in [0.05, 0.1) is 0 Å². The van der Waals surface area contributed by atoms with E-state index >= 15 is 0 Å². The molecule has 1 nitrogen and oxygen atoms in total. The molecule has 15 heavy (non-hydrogen) atoms. The zero-order valence-electron chi connectivity index (χ0n) is 8.84. The van der Waals surface area contributed by atoms with Crippen molar-refractivity contribution in [1.29, 1.82) is 0 Å². The fraction of sp³-hybridized carbons (Fsp3) is 0.0714. The number of hydrogen-bond acceptors (Lipinski definition) is 0. The van der Waals surface area contributed by atoms with E-state index in [9.17, 15) is 0 Å². The smallest absolute Gasteiger partial charge is 0.168 e. The van der Waals surface area contributed by atoms with E-state index in [1.165, 1.54) is 5.56 Å². The van der Waals surface area contributed by atoms with E-state index in [2.05, 4.69) is 19.4 Å². The number of rotatable bonds is 1. The fourth-order valence-corrected chi connectivity index (χ4v) is 1.10. The first kappa shape index (κ1) is 11.2. The molecule has 0 spiro atoms. The van der Waals surface area contributed by atoms with Crippen LogP contribution in [0.2, 0.25) is 0 Å². The first-order chi connectivity index (χ1) is 7.33. The van der Waals surface area contributed by atoms with Crippen molar-refractivity contribution < 1.29 is 4.58 Å². The molecule has 0 amide bonds. The lowest BCUT2D eigenvalue weighted by Gasteiger charge is -1.90. The highest BCUT2D eigenvalue weighted by molar-refractivity contribution is 5.45. The largest absolute Gasteiger partial charge is 0.208 e. The van der Waals surface area contributed by atoms with Crippen molar-refractivity contribution >= 4 is 12.8 Å². The Labute approximate surface area is 91.4 Å². The first-order valence-electron chi connectivity index (χ1n) is 4.91. The van der Waals surface area contributed by atoms with E-state index in [4.69, 9.17) is 0 Å². The van der Waals surface area contributed by atoms with Crippen molar-refractivity contribution in [3.63, 3.8) is 0 Å². The summed E-state index contributed by atoms with van der Waals surface area (Å²) in [5.41, 5.74) is 1.17. The summed E-state index contributed by atoms with van der Waals surface area (Å²) in [4.78, 5) is 0. The maximum atomic E-state index is 3.69. The van der Waals surface area contributed by atoms with Gasteiger partial charge in [0.2, 0.25) is 0 Å². The Hall–Kier alpha value is -1.89. The molecule has 0 bridgehead atoms. The quantitative estimate of drug-likeness (QED) is 0.610. The molecule has 76 valence electrons. The fourth-order valence-electron chi connectivity index (χ4n) is 1.10. The summed E-state index contributed by atoms with van der Waals surface area (Å²) < 4.78 is 1.88. The number of nitrogens with zero attached hydrogens (tertiary/aromatic N) is 1. The molecule has 0 unspecified atom stereocenters. The van der Waals surface area contributed by atoms with Crippen LogP contribution in [0.25, 0.3) is 6.08 Å². The van der Waals surface area contributed by atoms with Crippen molar-refractivity contribution in [2.75, 3.05) is 6.54 Å². The summed E-state index contributed by atoms with van der Waals surface area (Å²) in [5.74, 6) is 0. The maximum absolute atomic E-state index is 3.69. The zero-order valence-corrected chi connectivity index (χ0v) is 8.84. The van der Waals surface area contributed by atoms with Gasteiger partial charge < -0.3 is 0 Å². The molecule has 0 radical (unpaired) electrons. The summed E-state index contributed by atoms with van der Waals surface area (Å²) >= 11 is 0. The lowest BCUT2D eigenvalue weighted by molar-refractivity contribution is -0.436. The predicted octanol–water partition coefficient (Wildman–Crippen LogP) is 3.11. The first-order valence-corrected chi connectivity index (χ1v) is 4.91. The van der Waals surface area contributed by atoms with E-state index in [0.717, 1.165) is 6.54 Å². The Morgan fingerprint density at radius 3 is 2.20 bits per heavy atom.